The highest BCUT2D eigenvalue weighted by molar-refractivity contribution is 5.44. The van der Waals surface area contributed by atoms with Crippen LogP contribution in [0.1, 0.15) is 16.8 Å². The minimum atomic E-state index is 0.153. The van der Waals surface area contributed by atoms with Crippen LogP contribution in [0.3, 0.4) is 0 Å². The Hall–Kier alpha value is -2.38. The first-order chi connectivity index (χ1) is 6.31. The smallest absolute Gasteiger partial charge is 0.102 e. The van der Waals surface area contributed by atoms with E-state index in [2.05, 4.69) is 4.98 Å². The lowest BCUT2D eigenvalue weighted by atomic mass is 10.1. The summed E-state index contributed by atoms with van der Waals surface area (Å²) in [5, 5.41) is 25.6. The molecular weight excluding hydrogens is 164 g/mol. The maximum atomic E-state index is 8.63. The Morgan fingerprint density at radius 2 is 1.85 bits per heavy atom. The van der Waals surface area contributed by atoms with Crippen LogP contribution in [0.4, 0.5) is 0 Å². The molecule has 0 fully saturated rings. The Bertz CT molecular complexity index is 442. The van der Waals surface area contributed by atoms with Crippen LogP contribution in [0.25, 0.3) is 0 Å². The van der Waals surface area contributed by atoms with E-state index in [9.17, 15) is 0 Å². The van der Waals surface area contributed by atoms with Gasteiger partial charge in [-0.05, 0) is 6.07 Å². The lowest BCUT2D eigenvalue weighted by Gasteiger charge is -1.95. The van der Waals surface area contributed by atoms with Crippen LogP contribution in [0, 0.1) is 34.0 Å². The number of aromatic nitrogens is 1. The summed E-state index contributed by atoms with van der Waals surface area (Å²) in [6.07, 6.45) is 1.46. The predicted molar refractivity (Wildman–Crippen MR) is 43.0 cm³/mol. The van der Waals surface area contributed by atoms with Crippen molar-refractivity contribution in [1.29, 1.82) is 15.8 Å². The minimum Gasteiger partial charge on any atom is -0.259 e. The van der Waals surface area contributed by atoms with Gasteiger partial charge in [-0.25, -0.2) is 0 Å². The number of pyridine rings is 1. The van der Waals surface area contributed by atoms with E-state index in [4.69, 9.17) is 15.8 Å². The zero-order valence-electron chi connectivity index (χ0n) is 6.65. The molecule has 0 aromatic carbocycles. The Morgan fingerprint density at radius 3 is 2.38 bits per heavy atom. The molecule has 1 rings (SSSR count). The third kappa shape index (κ3) is 1.80. The maximum Gasteiger partial charge on any atom is 0.102 e. The average molecular weight is 168 g/mol. The van der Waals surface area contributed by atoms with Crippen LogP contribution in [-0.4, -0.2) is 4.98 Å². The fourth-order valence-corrected chi connectivity index (χ4v) is 0.858. The molecule has 4 nitrogen and oxygen atoms in total. The second kappa shape index (κ2) is 3.85. The molecule has 0 bridgehead atoms. The zero-order valence-corrected chi connectivity index (χ0v) is 6.65. The fraction of sp³-hybridized carbons (Fsp3) is 0.111. The Labute approximate surface area is 75.3 Å². The molecule has 0 atom stereocenters. The van der Waals surface area contributed by atoms with Crippen molar-refractivity contribution in [3.05, 3.63) is 29.1 Å². The third-order valence-electron chi connectivity index (χ3n) is 1.46. The SMILES string of the molecule is N#CCc1cc(C#N)c(C#N)cn1. The van der Waals surface area contributed by atoms with Gasteiger partial charge in [0, 0.05) is 6.20 Å². The first-order valence-corrected chi connectivity index (χ1v) is 3.48. The third-order valence-corrected chi connectivity index (χ3v) is 1.46. The van der Waals surface area contributed by atoms with Crippen molar-refractivity contribution in [2.45, 2.75) is 6.42 Å². The minimum absolute atomic E-state index is 0.153. The van der Waals surface area contributed by atoms with Crippen LogP contribution >= 0.6 is 0 Å². The molecule has 0 aliphatic carbocycles. The van der Waals surface area contributed by atoms with Gasteiger partial charge in [0.2, 0.25) is 0 Å². The number of rotatable bonds is 1. The van der Waals surface area contributed by atoms with Crippen molar-refractivity contribution in [3.63, 3.8) is 0 Å². The van der Waals surface area contributed by atoms with E-state index in [0.717, 1.165) is 0 Å². The molecule has 0 amide bonds. The van der Waals surface area contributed by atoms with E-state index in [1.165, 1.54) is 12.3 Å². The fourth-order valence-electron chi connectivity index (χ4n) is 0.858. The molecule has 0 saturated heterocycles. The number of nitrogens with zero attached hydrogens (tertiary/aromatic N) is 4. The van der Waals surface area contributed by atoms with Crippen molar-refractivity contribution in [3.8, 4) is 18.2 Å². The Kier molecular flexibility index (Phi) is 2.58. The number of hydrogen-bond acceptors (Lipinski definition) is 4. The largest absolute Gasteiger partial charge is 0.259 e. The monoisotopic (exact) mass is 168 g/mol. The molecule has 0 unspecified atom stereocenters. The summed E-state index contributed by atoms with van der Waals surface area (Å²) >= 11 is 0. The molecule has 1 heterocycles. The second-order valence-electron chi connectivity index (χ2n) is 2.28. The predicted octanol–water partition coefficient (Wildman–Crippen LogP) is 0.891. The topological polar surface area (TPSA) is 84.3 Å². The van der Waals surface area contributed by atoms with Gasteiger partial charge in [0.1, 0.15) is 12.1 Å². The van der Waals surface area contributed by atoms with E-state index in [-0.39, 0.29) is 17.5 Å². The lowest BCUT2D eigenvalue weighted by molar-refractivity contribution is 1.10. The number of nitriles is 3. The molecule has 13 heavy (non-hydrogen) atoms. The number of hydrogen-bond donors (Lipinski definition) is 0. The van der Waals surface area contributed by atoms with Gasteiger partial charge in [-0.3, -0.25) is 4.98 Å². The summed E-state index contributed by atoms with van der Waals surface area (Å²) in [6, 6.07) is 7.10. The summed E-state index contributed by atoms with van der Waals surface area (Å²) in [5.41, 5.74) is 1.02. The summed E-state index contributed by atoms with van der Waals surface area (Å²) in [5.74, 6) is 0. The standard InChI is InChI=1S/C9H4N4/c10-2-1-9-3-7(4-11)8(5-12)6-13-9/h3,6H,1H2. The average Bonchev–Trinajstić information content (AvgIpc) is 2.18. The van der Waals surface area contributed by atoms with Crippen LogP contribution in [0.15, 0.2) is 12.3 Å². The van der Waals surface area contributed by atoms with E-state index in [1.54, 1.807) is 0 Å². The molecule has 4 heteroatoms. The quantitative estimate of drug-likeness (QED) is 0.623. The molecular formula is C9H4N4. The van der Waals surface area contributed by atoms with E-state index in [0.29, 0.717) is 5.69 Å². The van der Waals surface area contributed by atoms with Gasteiger partial charge < -0.3 is 0 Å². The highest BCUT2D eigenvalue weighted by atomic mass is 14.7. The van der Waals surface area contributed by atoms with Crippen LogP contribution in [0.5, 0.6) is 0 Å². The molecule has 60 valence electrons. The first-order valence-electron chi connectivity index (χ1n) is 3.48. The molecule has 0 aliphatic rings. The molecule has 0 saturated carbocycles. The van der Waals surface area contributed by atoms with Crippen molar-refractivity contribution in [2.75, 3.05) is 0 Å². The lowest BCUT2D eigenvalue weighted by Crippen LogP contribution is -1.92. The summed E-state index contributed by atoms with van der Waals surface area (Å²) < 4.78 is 0. The highest BCUT2D eigenvalue weighted by Gasteiger charge is 2.03. The second-order valence-corrected chi connectivity index (χ2v) is 2.28. The van der Waals surface area contributed by atoms with Crippen LogP contribution in [-0.2, 0) is 6.42 Å². The van der Waals surface area contributed by atoms with Crippen molar-refractivity contribution in [1.82, 2.24) is 4.98 Å². The zero-order chi connectivity index (χ0) is 9.68. The molecule has 0 aliphatic heterocycles. The Morgan fingerprint density at radius 1 is 1.15 bits per heavy atom. The van der Waals surface area contributed by atoms with Gasteiger partial charge in [0.05, 0.1) is 29.3 Å². The summed E-state index contributed by atoms with van der Waals surface area (Å²) in [4.78, 5) is 3.85. The van der Waals surface area contributed by atoms with Gasteiger partial charge in [0.25, 0.3) is 0 Å². The van der Waals surface area contributed by atoms with Crippen LogP contribution in [0.2, 0.25) is 0 Å². The van der Waals surface area contributed by atoms with E-state index in [1.807, 2.05) is 18.2 Å². The molecule has 0 spiro atoms. The van der Waals surface area contributed by atoms with Gasteiger partial charge in [-0.1, -0.05) is 0 Å². The molecule has 0 radical (unpaired) electrons. The first kappa shape index (κ1) is 8.71. The van der Waals surface area contributed by atoms with Gasteiger partial charge in [-0.2, -0.15) is 15.8 Å². The highest BCUT2D eigenvalue weighted by Crippen LogP contribution is 2.07. The van der Waals surface area contributed by atoms with Crippen molar-refractivity contribution in [2.24, 2.45) is 0 Å². The normalized spacial score (nSPS) is 8.08. The van der Waals surface area contributed by atoms with E-state index >= 15 is 0 Å². The van der Waals surface area contributed by atoms with Crippen LogP contribution < -0.4 is 0 Å². The van der Waals surface area contributed by atoms with Gasteiger partial charge >= 0.3 is 0 Å². The van der Waals surface area contributed by atoms with Gasteiger partial charge in [-0.15, -0.1) is 0 Å². The molecule has 0 N–H and O–H groups in total. The summed E-state index contributed by atoms with van der Waals surface area (Å²) in [6.45, 7) is 0. The molecule has 1 aromatic heterocycles. The van der Waals surface area contributed by atoms with Crippen molar-refractivity contribution < 1.29 is 0 Å². The van der Waals surface area contributed by atoms with Crippen molar-refractivity contribution >= 4 is 0 Å². The van der Waals surface area contributed by atoms with Gasteiger partial charge in [0.15, 0.2) is 0 Å². The maximum absolute atomic E-state index is 8.63. The molecule has 1 aromatic rings. The summed E-state index contributed by atoms with van der Waals surface area (Å²) in [7, 11) is 0. The Balaban J connectivity index is 3.19. The van der Waals surface area contributed by atoms with E-state index < -0.39 is 0 Å².